The molecule has 0 saturated heterocycles. The maximum absolute atomic E-state index is 10.6. The minimum Gasteiger partial charge on any atom is -0.493 e. The number of imidazole rings is 1. The van der Waals surface area contributed by atoms with Crippen molar-refractivity contribution in [3.63, 3.8) is 0 Å². The number of nitrogens with zero attached hydrogens (tertiary/aromatic N) is 5. The summed E-state index contributed by atoms with van der Waals surface area (Å²) in [7, 11) is 7.41. The molecule has 0 bridgehead atoms. The second kappa shape index (κ2) is 6.06. The first kappa shape index (κ1) is 14.5. The van der Waals surface area contributed by atoms with Gasteiger partial charge in [0.2, 0.25) is 0 Å². The van der Waals surface area contributed by atoms with Crippen molar-refractivity contribution in [3.8, 4) is 5.75 Å². The van der Waals surface area contributed by atoms with Crippen LogP contribution in [0, 0.1) is 0 Å². The van der Waals surface area contributed by atoms with Crippen molar-refractivity contribution < 1.29 is 9.84 Å². The molecule has 2 aromatic heterocycles. The molecule has 7 nitrogen and oxygen atoms in total. The molecular weight excluding hydrogens is 258 g/mol. The highest BCUT2D eigenvalue weighted by Gasteiger charge is 2.24. The van der Waals surface area contributed by atoms with Gasteiger partial charge in [-0.1, -0.05) is 0 Å². The molecule has 0 aromatic carbocycles. The molecule has 0 aliphatic carbocycles. The number of aryl methyl sites for hydroxylation is 1. The van der Waals surface area contributed by atoms with Crippen LogP contribution in [0.3, 0.4) is 0 Å². The minimum atomic E-state index is -0.866. The molecule has 1 unspecified atom stereocenters. The predicted molar refractivity (Wildman–Crippen MR) is 74.6 cm³/mol. The van der Waals surface area contributed by atoms with Gasteiger partial charge in [0.25, 0.3) is 0 Å². The maximum Gasteiger partial charge on any atom is 0.163 e. The second-order valence-corrected chi connectivity index (χ2v) is 4.92. The normalized spacial score (nSPS) is 12.9. The quantitative estimate of drug-likeness (QED) is 0.822. The number of methoxy groups -OCH3 is 1. The van der Waals surface area contributed by atoms with Gasteiger partial charge in [-0.05, 0) is 14.1 Å². The standard InChI is InChI=1S/C13H21N5O2/c1-16(2)7-8-18-11(10(20-4)9-15-18)12(19)13-14-5-6-17(13)3/h5-6,9,12,19H,7-8H2,1-4H3. The van der Waals surface area contributed by atoms with Crippen LogP contribution in [0.15, 0.2) is 18.6 Å². The third kappa shape index (κ3) is 2.83. The summed E-state index contributed by atoms with van der Waals surface area (Å²) in [6.07, 6.45) is 4.21. The Morgan fingerprint density at radius 2 is 2.20 bits per heavy atom. The van der Waals surface area contributed by atoms with Crippen LogP contribution in [0.4, 0.5) is 0 Å². The molecule has 2 aromatic rings. The van der Waals surface area contributed by atoms with E-state index in [0.29, 0.717) is 23.8 Å². The summed E-state index contributed by atoms with van der Waals surface area (Å²) in [6.45, 7) is 1.50. The summed E-state index contributed by atoms with van der Waals surface area (Å²) in [4.78, 5) is 6.25. The zero-order valence-electron chi connectivity index (χ0n) is 12.3. The van der Waals surface area contributed by atoms with Crippen LogP contribution in [0.1, 0.15) is 17.6 Å². The van der Waals surface area contributed by atoms with Crippen molar-refractivity contribution in [1.82, 2.24) is 24.2 Å². The first-order valence-electron chi connectivity index (χ1n) is 6.44. The molecule has 1 atom stereocenters. The van der Waals surface area contributed by atoms with Gasteiger partial charge in [0.05, 0.1) is 19.9 Å². The number of likely N-dealkylation sites (N-methyl/N-ethyl adjacent to an activating group) is 1. The lowest BCUT2D eigenvalue weighted by molar-refractivity contribution is 0.187. The van der Waals surface area contributed by atoms with E-state index in [0.717, 1.165) is 6.54 Å². The second-order valence-electron chi connectivity index (χ2n) is 4.92. The van der Waals surface area contributed by atoms with Crippen LogP contribution in [0.2, 0.25) is 0 Å². The van der Waals surface area contributed by atoms with Crippen LogP contribution in [-0.4, -0.2) is 57.1 Å². The van der Waals surface area contributed by atoms with Crippen LogP contribution < -0.4 is 4.74 Å². The van der Waals surface area contributed by atoms with Gasteiger partial charge in [-0.2, -0.15) is 5.10 Å². The number of aromatic nitrogens is 4. The molecule has 20 heavy (non-hydrogen) atoms. The lowest BCUT2D eigenvalue weighted by atomic mass is 10.2. The third-order valence-electron chi connectivity index (χ3n) is 3.19. The predicted octanol–water partition coefficient (Wildman–Crippen LogP) is 0.268. The van der Waals surface area contributed by atoms with Gasteiger partial charge in [0, 0.05) is 26.0 Å². The van der Waals surface area contributed by atoms with E-state index in [2.05, 4.69) is 15.0 Å². The van der Waals surface area contributed by atoms with Crippen LogP contribution in [0.5, 0.6) is 5.75 Å². The Labute approximate surface area is 118 Å². The average molecular weight is 279 g/mol. The van der Waals surface area contributed by atoms with Crippen LogP contribution in [0.25, 0.3) is 0 Å². The Balaban J connectivity index is 2.33. The lowest BCUT2D eigenvalue weighted by Crippen LogP contribution is -2.22. The van der Waals surface area contributed by atoms with Crippen LogP contribution >= 0.6 is 0 Å². The number of ether oxygens (including phenoxy) is 1. The third-order valence-corrected chi connectivity index (χ3v) is 3.19. The van der Waals surface area contributed by atoms with E-state index in [-0.39, 0.29) is 0 Å². The van der Waals surface area contributed by atoms with E-state index >= 15 is 0 Å². The van der Waals surface area contributed by atoms with Crippen molar-refractivity contribution >= 4 is 0 Å². The van der Waals surface area contributed by atoms with Crippen molar-refractivity contribution in [2.45, 2.75) is 12.6 Å². The van der Waals surface area contributed by atoms with Gasteiger partial charge in [0.15, 0.2) is 11.9 Å². The molecule has 0 aliphatic rings. The Kier molecular flexibility index (Phi) is 4.41. The van der Waals surface area contributed by atoms with Crippen molar-refractivity contribution in [1.29, 1.82) is 0 Å². The summed E-state index contributed by atoms with van der Waals surface area (Å²) in [5.41, 5.74) is 0.628. The number of rotatable bonds is 6. The summed E-state index contributed by atoms with van der Waals surface area (Å²) < 4.78 is 8.85. The molecule has 1 N–H and O–H groups in total. The van der Waals surface area contributed by atoms with Gasteiger partial charge >= 0.3 is 0 Å². The fourth-order valence-corrected chi connectivity index (χ4v) is 2.05. The van der Waals surface area contributed by atoms with E-state index in [9.17, 15) is 5.11 Å². The molecule has 2 rings (SSSR count). The Bertz CT molecular complexity index is 561. The first-order chi connectivity index (χ1) is 9.54. The van der Waals surface area contributed by atoms with E-state index in [1.54, 1.807) is 34.9 Å². The summed E-state index contributed by atoms with van der Waals surface area (Å²) in [5.74, 6) is 1.13. The summed E-state index contributed by atoms with van der Waals surface area (Å²) in [5, 5.41) is 14.9. The van der Waals surface area contributed by atoms with E-state index in [4.69, 9.17) is 4.74 Å². The van der Waals surface area contributed by atoms with Gasteiger partial charge in [-0.3, -0.25) is 4.68 Å². The van der Waals surface area contributed by atoms with E-state index in [1.807, 2.05) is 21.1 Å². The molecule has 2 heterocycles. The minimum absolute atomic E-state index is 0.565. The number of hydrogen-bond acceptors (Lipinski definition) is 5. The molecular formula is C13H21N5O2. The van der Waals surface area contributed by atoms with Crippen molar-refractivity contribution in [2.24, 2.45) is 7.05 Å². The molecule has 0 spiro atoms. The van der Waals surface area contributed by atoms with E-state index < -0.39 is 6.10 Å². The first-order valence-corrected chi connectivity index (χ1v) is 6.44. The highest BCUT2D eigenvalue weighted by atomic mass is 16.5. The van der Waals surface area contributed by atoms with Gasteiger partial charge in [-0.25, -0.2) is 4.98 Å². The Morgan fingerprint density at radius 3 is 2.75 bits per heavy atom. The molecule has 110 valence electrons. The van der Waals surface area contributed by atoms with Gasteiger partial charge in [-0.15, -0.1) is 0 Å². The average Bonchev–Trinajstić information content (AvgIpc) is 3.01. The zero-order valence-corrected chi connectivity index (χ0v) is 12.3. The van der Waals surface area contributed by atoms with Crippen molar-refractivity contribution in [2.75, 3.05) is 27.7 Å². The maximum atomic E-state index is 10.6. The number of aliphatic hydroxyl groups is 1. The molecule has 7 heteroatoms. The SMILES string of the molecule is COc1cnn(CCN(C)C)c1C(O)c1nccn1C. The highest BCUT2D eigenvalue weighted by molar-refractivity contribution is 5.31. The fourth-order valence-electron chi connectivity index (χ4n) is 2.05. The fraction of sp³-hybridized carbons (Fsp3) is 0.538. The zero-order chi connectivity index (χ0) is 14.7. The van der Waals surface area contributed by atoms with Crippen molar-refractivity contribution in [3.05, 3.63) is 30.1 Å². The molecule has 0 fully saturated rings. The monoisotopic (exact) mass is 279 g/mol. The van der Waals surface area contributed by atoms with E-state index in [1.165, 1.54) is 0 Å². The molecule has 0 saturated carbocycles. The van der Waals surface area contributed by atoms with Crippen LogP contribution in [-0.2, 0) is 13.6 Å². The molecule has 0 radical (unpaired) electrons. The van der Waals surface area contributed by atoms with Gasteiger partial charge < -0.3 is 19.3 Å². The lowest BCUT2D eigenvalue weighted by Gasteiger charge is -2.16. The summed E-state index contributed by atoms with van der Waals surface area (Å²) in [6, 6.07) is 0. The Morgan fingerprint density at radius 1 is 1.45 bits per heavy atom. The Hall–Kier alpha value is -1.86. The number of hydrogen-bond donors (Lipinski definition) is 1. The molecule has 0 aliphatic heterocycles. The van der Waals surface area contributed by atoms with Gasteiger partial charge in [0.1, 0.15) is 11.5 Å². The largest absolute Gasteiger partial charge is 0.493 e. The topological polar surface area (TPSA) is 68.3 Å². The smallest absolute Gasteiger partial charge is 0.163 e. The number of aliphatic hydroxyl groups excluding tert-OH is 1. The highest BCUT2D eigenvalue weighted by Crippen LogP contribution is 2.28. The summed E-state index contributed by atoms with van der Waals surface area (Å²) >= 11 is 0. The molecule has 0 amide bonds.